The summed E-state index contributed by atoms with van der Waals surface area (Å²) < 4.78 is 3.36. The van der Waals surface area contributed by atoms with Gasteiger partial charge in [0.05, 0.1) is 49.5 Å². The molecule has 0 saturated heterocycles. The van der Waals surface area contributed by atoms with Crippen LogP contribution in [0.3, 0.4) is 0 Å². The zero-order valence-corrected chi connectivity index (χ0v) is 23.0. The Morgan fingerprint density at radius 1 is 0.917 bits per heavy atom. The molecule has 5 heteroatoms. The van der Waals surface area contributed by atoms with Crippen LogP contribution in [0, 0.1) is 0 Å². The predicted molar refractivity (Wildman–Crippen MR) is 157 cm³/mol. The number of para-hydroxylation sites is 3. The summed E-state index contributed by atoms with van der Waals surface area (Å²) in [5.41, 5.74) is 4.93. The van der Waals surface area contributed by atoms with E-state index in [4.69, 9.17) is 0 Å². The van der Waals surface area contributed by atoms with Crippen LogP contribution in [0.4, 0.5) is 5.69 Å². The second-order valence-corrected chi connectivity index (χ2v) is 12.2. The first-order valence-electron chi connectivity index (χ1n) is 12.3. The highest BCUT2D eigenvalue weighted by atomic mass is 32.2. The van der Waals surface area contributed by atoms with E-state index in [1.54, 1.807) is 0 Å². The summed E-state index contributed by atoms with van der Waals surface area (Å²) in [4.78, 5) is 3.58. The Labute approximate surface area is 223 Å². The van der Waals surface area contributed by atoms with E-state index < -0.39 is 0 Å². The maximum Gasteiger partial charge on any atom is 0.247 e. The SMILES string of the molecule is CN1/C(=C\C=C\c2cc(SCC[N+](C)(C)C)[n+](-c3ccccc3)c3ccccc23)Sc2ccccc21. The van der Waals surface area contributed by atoms with Crippen LogP contribution in [0.1, 0.15) is 5.56 Å². The van der Waals surface area contributed by atoms with E-state index in [9.17, 15) is 0 Å². The van der Waals surface area contributed by atoms with Crippen LogP contribution in [-0.2, 0) is 0 Å². The molecule has 3 aromatic carbocycles. The highest BCUT2D eigenvalue weighted by molar-refractivity contribution is 8.03. The summed E-state index contributed by atoms with van der Waals surface area (Å²) in [6.07, 6.45) is 6.67. The lowest BCUT2D eigenvalue weighted by Gasteiger charge is -2.23. The molecule has 3 nitrogen and oxygen atoms in total. The molecule has 0 saturated carbocycles. The van der Waals surface area contributed by atoms with Gasteiger partial charge in [0.15, 0.2) is 0 Å². The van der Waals surface area contributed by atoms with Gasteiger partial charge in [-0.05, 0) is 29.8 Å². The average Bonchev–Trinajstić information content (AvgIpc) is 3.19. The normalized spacial score (nSPS) is 14.8. The standard InChI is InChI=1S/C31H33N3S2/c1-32-28-18-10-11-19-29(28)36-30(32)20-12-13-24-23-31(35-22-21-34(2,3)4)33(25-14-6-5-7-15-25)27-17-9-8-16-26(24)27/h5-20,23H,21-22H2,1-4H3/q+2. The molecule has 0 N–H and O–H groups in total. The maximum atomic E-state index is 2.41. The summed E-state index contributed by atoms with van der Waals surface area (Å²) in [6.45, 7) is 1.10. The number of benzene rings is 3. The molecule has 5 rings (SSSR count). The van der Waals surface area contributed by atoms with Crippen LogP contribution in [-0.4, -0.2) is 45.0 Å². The van der Waals surface area contributed by atoms with Crippen molar-refractivity contribution in [3.05, 3.63) is 108 Å². The maximum absolute atomic E-state index is 2.41. The molecular weight excluding hydrogens is 478 g/mol. The van der Waals surface area contributed by atoms with E-state index in [-0.39, 0.29) is 0 Å². The molecular formula is C31H33N3S2+2. The molecule has 0 amide bonds. The molecule has 0 spiro atoms. The Kier molecular flexibility index (Phi) is 7.24. The summed E-state index contributed by atoms with van der Waals surface area (Å²) in [6, 6.07) is 30.4. The molecule has 36 heavy (non-hydrogen) atoms. The topological polar surface area (TPSA) is 7.12 Å². The van der Waals surface area contributed by atoms with Crippen LogP contribution >= 0.6 is 23.5 Å². The van der Waals surface area contributed by atoms with Gasteiger partial charge in [0.2, 0.25) is 16.2 Å². The van der Waals surface area contributed by atoms with Crippen molar-refractivity contribution >= 4 is 46.2 Å². The number of allylic oxidation sites excluding steroid dienone is 2. The van der Waals surface area contributed by atoms with Crippen molar-refractivity contribution in [1.82, 2.24) is 0 Å². The molecule has 0 fully saturated rings. The molecule has 1 aliphatic rings. The zero-order chi connectivity index (χ0) is 25.1. The van der Waals surface area contributed by atoms with Crippen molar-refractivity contribution < 1.29 is 9.05 Å². The zero-order valence-electron chi connectivity index (χ0n) is 21.4. The van der Waals surface area contributed by atoms with Crippen molar-refractivity contribution in [2.45, 2.75) is 9.92 Å². The third-order valence-corrected chi connectivity index (χ3v) is 8.44. The minimum Gasteiger partial charge on any atom is -0.338 e. The number of fused-ring (bicyclic) bond motifs is 2. The second kappa shape index (κ2) is 10.6. The van der Waals surface area contributed by atoms with Crippen LogP contribution in [0.15, 0.2) is 112 Å². The van der Waals surface area contributed by atoms with E-state index in [1.165, 1.54) is 42.8 Å². The number of thioether (sulfide) groups is 2. The van der Waals surface area contributed by atoms with Gasteiger partial charge in [-0.25, -0.2) is 0 Å². The van der Waals surface area contributed by atoms with Crippen molar-refractivity contribution in [1.29, 1.82) is 0 Å². The highest BCUT2D eigenvalue weighted by Gasteiger charge is 2.23. The van der Waals surface area contributed by atoms with Gasteiger partial charge < -0.3 is 9.38 Å². The van der Waals surface area contributed by atoms with Gasteiger partial charge in [0.1, 0.15) is 0 Å². The fourth-order valence-corrected chi connectivity index (χ4v) is 6.77. The fourth-order valence-electron chi connectivity index (χ4n) is 4.32. The second-order valence-electron chi connectivity index (χ2n) is 9.98. The van der Waals surface area contributed by atoms with Crippen molar-refractivity contribution in [3.8, 4) is 5.69 Å². The van der Waals surface area contributed by atoms with E-state index in [0.717, 1.165) is 16.8 Å². The average molecular weight is 512 g/mol. The Morgan fingerprint density at radius 2 is 1.64 bits per heavy atom. The molecule has 0 aliphatic carbocycles. The Morgan fingerprint density at radius 3 is 2.42 bits per heavy atom. The Bertz CT molecular complexity index is 1440. The molecule has 0 radical (unpaired) electrons. The van der Waals surface area contributed by atoms with Gasteiger partial charge in [-0.2, -0.15) is 0 Å². The van der Waals surface area contributed by atoms with Gasteiger partial charge >= 0.3 is 0 Å². The summed E-state index contributed by atoms with van der Waals surface area (Å²) in [5, 5.41) is 3.76. The third-order valence-electron chi connectivity index (χ3n) is 6.27. The Balaban J connectivity index is 1.54. The third kappa shape index (κ3) is 5.39. The van der Waals surface area contributed by atoms with Crippen LogP contribution < -0.4 is 9.47 Å². The number of quaternary nitrogens is 1. The molecule has 0 bridgehead atoms. The number of pyridine rings is 1. The molecule has 4 aromatic rings. The lowest BCUT2D eigenvalue weighted by molar-refractivity contribution is -0.867. The molecule has 1 aliphatic heterocycles. The predicted octanol–water partition coefficient (Wildman–Crippen LogP) is 7.01. The monoisotopic (exact) mass is 511 g/mol. The van der Waals surface area contributed by atoms with Gasteiger partial charge in [-0.1, -0.05) is 78.1 Å². The molecule has 182 valence electrons. The van der Waals surface area contributed by atoms with Gasteiger partial charge in [-0.3, -0.25) is 0 Å². The van der Waals surface area contributed by atoms with Crippen molar-refractivity contribution in [2.75, 3.05) is 45.4 Å². The minimum atomic E-state index is 0.958. The van der Waals surface area contributed by atoms with Crippen LogP contribution in [0.2, 0.25) is 0 Å². The molecule has 0 atom stereocenters. The lowest BCUT2D eigenvalue weighted by atomic mass is 10.1. The number of hydrogen-bond acceptors (Lipinski definition) is 3. The quantitative estimate of drug-likeness (QED) is 0.150. The van der Waals surface area contributed by atoms with Crippen molar-refractivity contribution in [2.24, 2.45) is 0 Å². The van der Waals surface area contributed by atoms with Crippen molar-refractivity contribution in [3.63, 3.8) is 0 Å². The first-order chi connectivity index (χ1) is 17.4. The van der Waals surface area contributed by atoms with Gasteiger partial charge in [0, 0.05) is 36.2 Å². The number of nitrogens with zero attached hydrogens (tertiary/aromatic N) is 3. The largest absolute Gasteiger partial charge is 0.338 e. The van der Waals surface area contributed by atoms with E-state index in [2.05, 4.69) is 141 Å². The summed E-state index contributed by atoms with van der Waals surface area (Å²) >= 11 is 3.76. The van der Waals surface area contributed by atoms with E-state index in [0.29, 0.717) is 0 Å². The number of hydrogen-bond donors (Lipinski definition) is 0. The van der Waals surface area contributed by atoms with E-state index >= 15 is 0 Å². The lowest BCUT2D eigenvalue weighted by Crippen LogP contribution is -2.38. The minimum absolute atomic E-state index is 0.958. The van der Waals surface area contributed by atoms with E-state index in [1.807, 2.05) is 23.5 Å². The fraction of sp³-hybridized carbons (Fsp3) is 0.194. The number of anilines is 1. The number of aromatic nitrogens is 1. The smallest absolute Gasteiger partial charge is 0.247 e. The van der Waals surface area contributed by atoms with Gasteiger partial charge in [0.25, 0.3) is 0 Å². The molecule has 2 heterocycles. The molecule has 1 aromatic heterocycles. The first kappa shape index (κ1) is 24.7. The first-order valence-corrected chi connectivity index (χ1v) is 14.1. The number of rotatable bonds is 7. The Hall–Kier alpha value is -2.99. The molecule has 0 unspecified atom stereocenters. The van der Waals surface area contributed by atoms with Crippen LogP contribution in [0.25, 0.3) is 22.7 Å². The van der Waals surface area contributed by atoms with Gasteiger partial charge in [-0.15, -0.1) is 4.57 Å². The van der Waals surface area contributed by atoms with Crippen LogP contribution in [0.5, 0.6) is 0 Å². The highest BCUT2D eigenvalue weighted by Crippen LogP contribution is 2.44. The summed E-state index contributed by atoms with van der Waals surface area (Å²) in [5.74, 6) is 1.06. The summed E-state index contributed by atoms with van der Waals surface area (Å²) in [7, 11) is 8.90.